The molecule has 0 aromatic carbocycles. The van der Waals surface area contributed by atoms with Crippen molar-refractivity contribution in [3.63, 3.8) is 0 Å². The van der Waals surface area contributed by atoms with Crippen molar-refractivity contribution in [2.24, 2.45) is 5.41 Å². The second-order valence-corrected chi connectivity index (χ2v) is 10.9. The molecule has 0 aromatic heterocycles. The lowest BCUT2D eigenvalue weighted by Gasteiger charge is -2.46. The number of carbonyl (C=O) groups excluding carboxylic acids is 1. The second-order valence-electron chi connectivity index (χ2n) is 8.83. The van der Waals surface area contributed by atoms with Crippen LogP contribution in [0.2, 0.25) is 0 Å². The molecule has 0 aromatic rings. The van der Waals surface area contributed by atoms with Crippen molar-refractivity contribution in [1.29, 1.82) is 0 Å². The predicted molar refractivity (Wildman–Crippen MR) is 108 cm³/mol. The molecular formula is C17H35INO2P. The van der Waals surface area contributed by atoms with Gasteiger partial charge < -0.3 is 10.1 Å². The summed E-state index contributed by atoms with van der Waals surface area (Å²) in [6.07, 6.45) is 1.86. The Morgan fingerprint density at radius 1 is 1.09 bits per heavy atom. The number of amides is 1. The smallest absolute Gasteiger partial charge is 0.230 e. The highest BCUT2D eigenvalue weighted by Gasteiger charge is 2.42. The number of carbonyl (C=O) groups is 1. The number of rotatable bonds is 8. The Balaban J connectivity index is 4.77. The number of nitrogens with one attached hydrogen (secondary N) is 1. The highest BCUT2D eigenvalue weighted by atomic mass is 127. The molecule has 0 fully saturated rings. The van der Waals surface area contributed by atoms with Gasteiger partial charge in [-0.15, -0.1) is 9.24 Å². The van der Waals surface area contributed by atoms with Crippen LogP contribution in [-0.2, 0) is 9.53 Å². The van der Waals surface area contributed by atoms with E-state index in [-0.39, 0.29) is 27.6 Å². The minimum absolute atomic E-state index is 0.0813. The Kier molecular flexibility index (Phi) is 8.33. The minimum Gasteiger partial charge on any atom is -0.375 e. The molecule has 0 bridgehead atoms. The lowest BCUT2D eigenvalue weighted by Crippen LogP contribution is -2.54. The summed E-state index contributed by atoms with van der Waals surface area (Å²) >= 11 is 2.09. The van der Waals surface area contributed by atoms with E-state index in [1.54, 1.807) is 0 Å². The second kappa shape index (κ2) is 8.11. The average Bonchev–Trinajstić information content (AvgIpc) is 2.23. The maximum Gasteiger partial charge on any atom is 0.230 e. The van der Waals surface area contributed by atoms with Gasteiger partial charge in [0.05, 0.1) is 10.0 Å². The normalized spacial score (nSPS) is 16.3. The molecule has 0 rings (SSSR count). The first-order chi connectivity index (χ1) is 9.62. The summed E-state index contributed by atoms with van der Waals surface area (Å²) < 4.78 is 6.70. The van der Waals surface area contributed by atoms with Crippen LogP contribution in [0.1, 0.15) is 68.2 Å². The molecule has 3 nitrogen and oxygen atoms in total. The third kappa shape index (κ3) is 8.44. The van der Waals surface area contributed by atoms with Crippen LogP contribution in [0.15, 0.2) is 0 Å². The van der Waals surface area contributed by atoms with Crippen molar-refractivity contribution >= 4 is 37.7 Å². The SMILES string of the molecule is CC(C)(C)CCOC(C)(C)C(C)(P)CC(C)(C)NC(=O)CI. The van der Waals surface area contributed by atoms with E-state index in [0.29, 0.717) is 4.43 Å². The van der Waals surface area contributed by atoms with Gasteiger partial charge in [-0.25, -0.2) is 0 Å². The van der Waals surface area contributed by atoms with Gasteiger partial charge in [-0.05, 0) is 46.0 Å². The largest absolute Gasteiger partial charge is 0.375 e. The van der Waals surface area contributed by atoms with Gasteiger partial charge in [-0.3, -0.25) is 4.79 Å². The first kappa shape index (κ1) is 22.6. The lowest BCUT2D eigenvalue weighted by atomic mass is 9.80. The van der Waals surface area contributed by atoms with Crippen molar-refractivity contribution in [2.45, 2.75) is 84.5 Å². The minimum atomic E-state index is -0.283. The molecule has 22 heavy (non-hydrogen) atoms. The van der Waals surface area contributed by atoms with Gasteiger partial charge in [0.15, 0.2) is 0 Å². The Morgan fingerprint density at radius 2 is 1.59 bits per heavy atom. The van der Waals surface area contributed by atoms with Crippen LogP contribution in [-0.4, -0.2) is 33.2 Å². The maximum atomic E-state index is 11.7. The molecule has 0 saturated carbocycles. The van der Waals surface area contributed by atoms with Crippen molar-refractivity contribution in [2.75, 3.05) is 11.0 Å². The summed E-state index contributed by atoms with van der Waals surface area (Å²) in [5.74, 6) is 0.0813. The summed E-state index contributed by atoms with van der Waals surface area (Å²) in [5, 5.41) is 2.97. The Bertz CT molecular complexity index is 373. The number of hydrogen-bond acceptors (Lipinski definition) is 2. The Labute approximate surface area is 153 Å². The van der Waals surface area contributed by atoms with Gasteiger partial charge in [0, 0.05) is 17.3 Å². The molecule has 2 unspecified atom stereocenters. The molecule has 0 saturated heterocycles. The molecule has 0 aliphatic heterocycles. The topological polar surface area (TPSA) is 38.3 Å². The first-order valence-electron chi connectivity index (χ1n) is 7.92. The maximum absolute atomic E-state index is 11.7. The number of alkyl halides is 1. The molecule has 0 heterocycles. The van der Waals surface area contributed by atoms with Crippen LogP contribution >= 0.6 is 31.8 Å². The first-order valence-corrected chi connectivity index (χ1v) is 10.0. The molecular weight excluding hydrogens is 408 g/mol. The van der Waals surface area contributed by atoms with E-state index in [9.17, 15) is 4.79 Å². The van der Waals surface area contributed by atoms with Gasteiger partial charge in [0.25, 0.3) is 0 Å². The van der Waals surface area contributed by atoms with Gasteiger partial charge in [0.1, 0.15) is 0 Å². The highest BCUT2D eigenvalue weighted by molar-refractivity contribution is 14.1. The van der Waals surface area contributed by atoms with Gasteiger partial charge in [-0.1, -0.05) is 50.3 Å². The van der Waals surface area contributed by atoms with Crippen LogP contribution in [0.4, 0.5) is 0 Å². The quantitative estimate of drug-likeness (QED) is 0.339. The van der Waals surface area contributed by atoms with Crippen LogP contribution < -0.4 is 5.32 Å². The molecule has 5 heteroatoms. The van der Waals surface area contributed by atoms with E-state index in [1.807, 2.05) is 0 Å². The molecule has 1 amide bonds. The van der Waals surface area contributed by atoms with Crippen LogP contribution in [0.25, 0.3) is 0 Å². The summed E-state index contributed by atoms with van der Waals surface area (Å²) in [5.41, 5.74) is -0.264. The summed E-state index contributed by atoms with van der Waals surface area (Å²) in [6, 6.07) is 0. The van der Waals surface area contributed by atoms with E-state index in [1.165, 1.54) is 0 Å². The molecule has 0 radical (unpaired) electrons. The van der Waals surface area contributed by atoms with Crippen LogP contribution in [0.5, 0.6) is 0 Å². The van der Waals surface area contributed by atoms with Gasteiger partial charge in [0.2, 0.25) is 5.91 Å². The average molecular weight is 443 g/mol. The lowest BCUT2D eigenvalue weighted by molar-refractivity contribution is -0.120. The summed E-state index contributed by atoms with van der Waals surface area (Å²) in [6.45, 7) is 18.0. The zero-order valence-electron chi connectivity index (χ0n) is 15.6. The number of halogens is 1. The van der Waals surface area contributed by atoms with Crippen molar-refractivity contribution in [1.82, 2.24) is 5.32 Å². The fourth-order valence-electron chi connectivity index (χ4n) is 2.36. The molecule has 0 spiro atoms. The monoisotopic (exact) mass is 443 g/mol. The van der Waals surface area contributed by atoms with Crippen LogP contribution in [0, 0.1) is 5.41 Å². The van der Waals surface area contributed by atoms with Crippen LogP contribution in [0.3, 0.4) is 0 Å². The molecule has 0 aliphatic rings. The van der Waals surface area contributed by atoms with Crippen molar-refractivity contribution in [3.05, 3.63) is 0 Å². The van der Waals surface area contributed by atoms with E-state index >= 15 is 0 Å². The molecule has 0 aliphatic carbocycles. The van der Waals surface area contributed by atoms with E-state index < -0.39 is 0 Å². The van der Waals surface area contributed by atoms with Crippen molar-refractivity contribution < 1.29 is 9.53 Å². The fraction of sp³-hybridized carbons (Fsp3) is 0.941. The molecule has 132 valence electrons. The van der Waals surface area contributed by atoms with E-state index in [0.717, 1.165) is 19.4 Å². The summed E-state index contributed by atoms with van der Waals surface area (Å²) in [4.78, 5) is 11.7. The van der Waals surface area contributed by atoms with E-state index in [2.05, 4.69) is 92.5 Å². The number of ether oxygens (including phenoxy) is 1. The Hall–Kier alpha value is 0.590. The third-order valence-corrected chi connectivity index (χ3v) is 5.69. The Morgan fingerprint density at radius 3 is 2.00 bits per heavy atom. The zero-order chi connectivity index (χ0) is 17.8. The summed E-state index contributed by atoms with van der Waals surface area (Å²) in [7, 11) is 2.95. The van der Waals surface area contributed by atoms with Gasteiger partial charge >= 0.3 is 0 Å². The van der Waals surface area contributed by atoms with Crippen molar-refractivity contribution in [3.8, 4) is 0 Å². The number of hydrogen-bond donors (Lipinski definition) is 1. The standard InChI is InChI=1S/C17H35INO2P/c1-14(2,3)9-10-21-16(6,7)17(8,22)12-15(4,5)19-13(20)11-18/h9-12,22H2,1-8H3,(H,19,20). The highest BCUT2D eigenvalue weighted by Crippen LogP contribution is 2.41. The fourth-order valence-corrected chi connectivity index (χ4v) is 3.15. The molecule has 2 atom stereocenters. The third-order valence-electron chi connectivity index (χ3n) is 4.10. The zero-order valence-corrected chi connectivity index (χ0v) is 18.9. The predicted octanol–water partition coefficient (Wildman–Crippen LogP) is 4.57. The van der Waals surface area contributed by atoms with Gasteiger partial charge in [-0.2, -0.15) is 0 Å². The van der Waals surface area contributed by atoms with E-state index in [4.69, 9.17) is 4.74 Å². The molecule has 1 N–H and O–H groups in total.